The lowest BCUT2D eigenvalue weighted by Crippen LogP contribution is -2.04. The molecule has 0 unspecified atom stereocenters. The fraction of sp³-hybridized carbons (Fsp3) is 0.0625. The van der Waals surface area contributed by atoms with E-state index in [9.17, 15) is 23.2 Å². The number of hydrogen-bond donors (Lipinski definition) is 2. The number of pyridine rings is 1. The Hall–Kier alpha value is -3.12. The van der Waals surface area contributed by atoms with Crippen LogP contribution in [0, 0.1) is 11.3 Å². The summed E-state index contributed by atoms with van der Waals surface area (Å²) in [4.78, 5) is 15.7. The topological polar surface area (TPSA) is 106 Å². The Morgan fingerprint density at radius 3 is 2.36 bits per heavy atom. The summed E-state index contributed by atoms with van der Waals surface area (Å²) in [5.74, 6) is -0.0800. The molecule has 5 nitrogen and oxygen atoms in total. The van der Waals surface area contributed by atoms with Crippen LogP contribution in [0.4, 0.5) is 24.7 Å². The smallest absolute Gasteiger partial charge is 0.397 e. The molecule has 3 rings (SSSR count). The molecule has 0 fully saturated rings. The number of nitrogens with zero attached hydrogens (tertiary/aromatic N) is 2. The van der Waals surface area contributed by atoms with E-state index < -0.39 is 11.7 Å². The molecule has 0 bridgehead atoms. The molecule has 1 aromatic carbocycles. The summed E-state index contributed by atoms with van der Waals surface area (Å²) in [7, 11) is 0. The third-order valence-corrected chi connectivity index (χ3v) is 4.68. The molecular formula is C16H9F3N4OS. The highest BCUT2D eigenvalue weighted by atomic mass is 32.1. The standard InChI is InChI=1S/C16H9F3N4OS/c17-16(18,19)8-3-1-7(2-4-8)11-9(5-20)14(22)23-15-12(11)13(21)10(6-24)25-15/h1-4,6H,21H2,(H2,22,23). The van der Waals surface area contributed by atoms with Crippen molar-refractivity contribution in [2.75, 3.05) is 11.5 Å². The lowest BCUT2D eigenvalue weighted by molar-refractivity contribution is -0.137. The molecule has 0 aliphatic carbocycles. The number of halogens is 3. The molecule has 4 N–H and O–H groups in total. The maximum absolute atomic E-state index is 12.8. The number of nitriles is 1. The zero-order valence-corrected chi connectivity index (χ0v) is 13.2. The molecule has 0 amide bonds. The summed E-state index contributed by atoms with van der Waals surface area (Å²) in [5.41, 5.74) is 11.7. The number of benzene rings is 1. The molecule has 126 valence electrons. The van der Waals surface area contributed by atoms with E-state index in [0.717, 1.165) is 23.5 Å². The number of carbonyl (C=O) groups excluding carboxylic acids is 1. The molecule has 0 aliphatic heterocycles. The number of hydrogen-bond acceptors (Lipinski definition) is 6. The summed E-state index contributed by atoms with van der Waals surface area (Å²) in [6.45, 7) is 0. The fourth-order valence-corrected chi connectivity index (χ4v) is 3.43. The van der Waals surface area contributed by atoms with E-state index in [2.05, 4.69) is 4.98 Å². The summed E-state index contributed by atoms with van der Waals surface area (Å²) in [5, 5.41) is 9.73. The first-order valence-electron chi connectivity index (χ1n) is 6.82. The summed E-state index contributed by atoms with van der Waals surface area (Å²) in [6, 6.07) is 6.18. The van der Waals surface area contributed by atoms with Crippen molar-refractivity contribution in [1.82, 2.24) is 4.98 Å². The Labute approximate surface area is 143 Å². The molecule has 0 saturated heterocycles. The minimum absolute atomic E-state index is 0.00536. The van der Waals surface area contributed by atoms with E-state index in [4.69, 9.17) is 11.5 Å². The molecule has 0 saturated carbocycles. The van der Waals surface area contributed by atoms with Crippen molar-refractivity contribution in [2.45, 2.75) is 6.18 Å². The van der Waals surface area contributed by atoms with Gasteiger partial charge < -0.3 is 11.5 Å². The van der Waals surface area contributed by atoms with Gasteiger partial charge in [-0.1, -0.05) is 12.1 Å². The van der Waals surface area contributed by atoms with Crippen molar-refractivity contribution < 1.29 is 18.0 Å². The van der Waals surface area contributed by atoms with Gasteiger partial charge in [0.25, 0.3) is 0 Å². The van der Waals surface area contributed by atoms with Gasteiger partial charge in [-0.25, -0.2) is 4.98 Å². The molecule has 0 radical (unpaired) electrons. The van der Waals surface area contributed by atoms with Crippen molar-refractivity contribution in [1.29, 1.82) is 5.26 Å². The van der Waals surface area contributed by atoms with Crippen LogP contribution in [0.3, 0.4) is 0 Å². The number of anilines is 2. The Balaban J connectivity index is 2.36. The van der Waals surface area contributed by atoms with Crippen LogP contribution in [0.5, 0.6) is 0 Å². The molecule has 2 aromatic heterocycles. The molecule has 9 heteroatoms. The van der Waals surface area contributed by atoms with Crippen LogP contribution in [0.1, 0.15) is 20.8 Å². The Morgan fingerprint density at radius 1 is 1.20 bits per heavy atom. The summed E-state index contributed by atoms with van der Waals surface area (Å²) >= 11 is 1.000. The van der Waals surface area contributed by atoms with Crippen LogP contribution >= 0.6 is 11.3 Å². The normalized spacial score (nSPS) is 11.4. The van der Waals surface area contributed by atoms with Crippen molar-refractivity contribution in [3.8, 4) is 17.2 Å². The largest absolute Gasteiger partial charge is 0.416 e. The Morgan fingerprint density at radius 2 is 1.84 bits per heavy atom. The molecule has 0 aliphatic rings. The first-order chi connectivity index (χ1) is 11.8. The van der Waals surface area contributed by atoms with Gasteiger partial charge in [0.1, 0.15) is 22.3 Å². The van der Waals surface area contributed by atoms with Crippen LogP contribution in [-0.4, -0.2) is 11.3 Å². The minimum Gasteiger partial charge on any atom is -0.397 e. The Bertz CT molecular complexity index is 1030. The number of nitrogen functional groups attached to an aromatic ring is 2. The van der Waals surface area contributed by atoms with Crippen LogP contribution < -0.4 is 11.5 Å². The second-order valence-electron chi connectivity index (χ2n) is 5.11. The van der Waals surface area contributed by atoms with Gasteiger partial charge in [-0.05, 0) is 17.7 Å². The number of thiophene rings is 1. The number of fused-ring (bicyclic) bond motifs is 1. The summed E-state index contributed by atoms with van der Waals surface area (Å²) in [6.07, 6.45) is -3.92. The van der Waals surface area contributed by atoms with E-state index in [1.165, 1.54) is 12.1 Å². The average Bonchev–Trinajstić information content (AvgIpc) is 2.88. The Kier molecular flexibility index (Phi) is 3.85. The van der Waals surface area contributed by atoms with E-state index in [-0.39, 0.29) is 27.5 Å². The van der Waals surface area contributed by atoms with Gasteiger partial charge >= 0.3 is 6.18 Å². The van der Waals surface area contributed by atoms with E-state index in [1.807, 2.05) is 6.07 Å². The maximum Gasteiger partial charge on any atom is 0.416 e. The number of nitrogens with two attached hydrogens (primary N) is 2. The zero-order chi connectivity index (χ0) is 18.4. The van der Waals surface area contributed by atoms with Crippen LogP contribution in [0.15, 0.2) is 24.3 Å². The highest BCUT2D eigenvalue weighted by Gasteiger charge is 2.30. The number of aldehydes is 1. The third-order valence-electron chi connectivity index (χ3n) is 3.65. The monoisotopic (exact) mass is 362 g/mol. The van der Waals surface area contributed by atoms with Crippen molar-refractivity contribution in [2.24, 2.45) is 0 Å². The lowest BCUT2D eigenvalue weighted by atomic mass is 9.96. The van der Waals surface area contributed by atoms with Gasteiger partial charge in [-0.3, -0.25) is 4.79 Å². The maximum atomic E-state index is 12.8. The SMILES string of the molecule is N#Cc1c(N)nc2sc(C=O)c(N)c2c1-c1ccc(C(F)(F)F)cc1. The van der Waals surface area contributed by atoms with Gasteiger partial charge in [0, 0.05) is 10.9 Å². The quantitative estimate of drug-likeness (QED) is 0.674. The van der Waals surface area contributed by atoms with Crippen LogP contribution in [-0.2, 0) is 6.18 Å². The predicted octanol–water partition coefficient (Wildman–Crippen LogP) is 3.83. The number of alkyl halides is 3. The number of carbonyl (C=O) groups is 1. The molecule has 0 spiro atoms. The second kappa shape index (κ2) is 5.75. The first kappa shape index (κ1) is 16.7. The predicted molar refractivity (Wildman–Crippen MR) is 89.0 cm³/mol. The third kappa shape index (κ3) is 2.66. The fourth-order valence-electron chi connectivity index (χ4n) is 2.50. The van der Waals surface area contributed by atoms with E-state index in [1.54, 1.807) is 0 Å². The lowest BCUT2D eigenvalue weighted by Gasteiger charge is -2.11. The molecule has 3 aromatic rings. The van der Waals surface area contributed by atoms with Gasteiger partial charge in [0.2, 0.25) is 0 Å². The highest BCUT2D eigenvalue weighted by Crippen LogP contribution is 2.42. The van der Waals surface area contributed by atoms with Crippen molar-refractivity contribution >= 4 is 39.3 Å². The van der Waals surface area contributed by atoms with Crippen LogP contribution in [0.25, 0.3) is 21.3 Å². The first-order valence-corrected chi connectivity index (χ1v) is 7.64. The minimum atomic E-state index is -4.48. The molecule has 2 heterocycles. The molecular weight excluding hydrogens is 353 g/mol. The van der Waals surface area contributed by atoms with Gasteiger partial charge in [0.05, 0.1) is 16.1 Å². The average molecular weight is 362 g/mol. The summed E-state index contributed by atoms with van der Waals surface area (Å²) < 4.78 is 38.3. The number of rotatable bonds is 2. The van der Waals surface area contributed by atoms with Gasteiger partial charge in [-0.15, -0.1) is 11.3 Å². The molecule has 0 atom stereocenters. The van der Waals surface area contributed by atoms with E-state index in [0.29, 0.717) is 22.1 Å². The number of aromatic nitrogens is 1. The van der Waals surface area contributed by atoms with Gasteiger partial charge in [0.15, 0.2) is 6.29 Å². The molecule has 25 heavy (non-hydrogen) atoms. The highest BCUT2D eigenvalue weighted by molar-refractivity contribution is 7.21. The van der Waals surface area contributed by atoms with Crippen molar-refractivity contribution in [3.05, 3.63) is 40.3 Å². The van der Waals surface area contributed by atoms with Crippen molar-refractivity contribution in [3.63, 3.8) is 0 Å². The second-order valence-corrected chi connectivity index (χ2v) is 6.14. The zero-order valence-electron chi connectivity index (χ0n) is 12.4. The van der Waals surface area contributed by atoms with Gasteiger partial charge in [-0.2, -0.15) is 18.4 Å². The van der Waals surface area contributed by atoms with Crippen LogP contribution in [0.2, 0.25) is 0 Å². The van der Waals surface area contributed by atoms with E-state index >= 15 is 0 Å².